The van der Waals surface area contributed by atoms with Crippen molar-refractivity contribution >= 4 is 52.3 Å². The normalized spacial score (nSPS) is 10.5. The van der Waals surface area contributed by atoms with Gasteiger partial charge in [0.2, 0.25) is 0 Å². The molecular weight excluding hydrogens is 297 g/mol. The summed E-state index contributed by atoms with van der Waals surface area (Å²) >= 11 is 19.7. The van der Waals surface area contributed by atoms with Crippen LogP contribution in [0.15, 0.2) is 46.2 Å². The van der Waals surface area contributed by atoms with E-state index in [4.69, 9.17) is 40.5 Å². The fraction of sp³-hybridized carbons (Fsp3) is 0. The van der Waals surface area contributed by atoms with Crippen molar-refractivity contribution in [2.75, 3.05) is 5.73 Å². The van der Waals surface area contributed by atoms with Gasteiger partial charge >= 0.3 is 0 Å². The molecular formula is C12H8Cl3NS. The van der Waals surface area contributed by atoms with Crippen molar-refractivity contribution in [3.8, 4) is 0 Å². The minimum absolute atomic E-state index is 0.528. The monoisotopic (exact) mass is 303 g/mol. The summed E-state index contributed by atoms with van der Waals surface area (Å²) in [6, 6.07) is 10.9. The van der Waals surface area contributed by atoms with Crippen molar-refractivity contribution in [2.24, 2.45) is 0 Å². The van der Waals surface area contributed by atoms with Gasteiger partial charge in [0.15, 0.2) is 0 Å². The van der Waals surface area contributed by atoms with Crippen molar-refractivity contribution in [1.29, 1.82) is 0 Å². The zero-order chi connectivity index (χ0) is 12.4. The molecule has 0 aromatic heterocycles. The summed E-state index contributed by atoms with van der Waals surface area (Å²) in [5.41, 5.74) is 6.19. The number of nitrogens with two attached hydrogens (primary N) is 1. The van der Waals surface area contributed by atoms with E-state index in [1.165, 1.54) is 11.8 Å². The summed E-state index contributed by atoms with van der Waals surface area (Å²) in [5, 5.41) is 1.72. The number of nitrogen functional groups attached to an aromatic ring is 1. The van der Waals surface area contributed by atoms with Crippen molar-refractivity contribution in [2.45, 2.75) is 9.79 Å². The van der Waals surface area contributed by atoms with Crippen molar-refractivity contribution in [3.63, 3.8) is 0 Å². The van der Waals surface area contributed by atoms with Gasteiger partial charge in [-0.15, -0.1) is 0 Å². The first-order valence-electron chi connectivity index (χ1n) is 4.75. The van der Waals surface area contributed by atoms with Crippen molar-refractivity contribution in [3.05, 3.63) is 51.5 Å². The van der Waals surface area contributed by atoms with E-state index >= 15 is 0 Å². The molecule has 0 amide bonds. The van der Waals surface area contributed by atoms with Crippen LogP contribution in [0.25, 0.3) is 0 Å². The highest BCUT2D eigenvalue weighted by Crippen LogP contribution is 2.41. The summed E-state index contributed by atoms with van der Waals surface area (Å²) in [6.07, 6.45) is 0. The van der Waals surface area contributed by atoms with Gasteiger partial charge in [-0.3, -0.25) is 0 Å². The van der Waals surface area contributed by atoms with Gasteiger partial charge in [-0.2, -0.15) is 0 Å². The number of rotatable bonds is 2. The lowest BCUT2D eigenvalue weighted by molar-refractivity contribution is 1.41. The molecule has 0 aliphatic carbocycles. The minimum atomic E-state index is 0.528. The summed E-state index contributed by atoms with van der Waals surface area (Å²) in [5.74, 6) is 0. The highest BCUT2D eigenvalue weighted by atomic mass is 35.5. The standard InChI is InChI=1S/C12H8Cl3NS/c13-8-3-1-2-4-11(8)17-12-9(14)5-7(16)6-10(12)15/h1-6H,16H2. The van der Waals surface area contributed by atoms with E-state index in [2.05, 4.69) is 0 Å². The van der Waals surface area contributed by atoms with Crippen molar-refractivity contribution in [1.82, 2.24) is 0 Å². The van der Waals surface area contributed by atoms with Crippen LogP contribution in [-0.4, -0.2) is 0 Å². The summed E-state index contributed by atoms with van der Waals surface area (Å²) < 4.78 is 0. The molecule has 17 heavy (non-hydrogen) atoms. The molecule has 2 rings (SSSR count). The van der Waals surface area contributed by atoms with E-state index < -0.39 is 0 Å². The quantitative estimate of drug-likeness (QED) is 0.754. The fourth-order valence-corrected chi connectivity index (χ4v) is 3.15. The Hall–Kier alpha value is -0.540. The second-order valence-electron chi connectivity index (χ2n) is 3.35. The Balaban J connectivity index is 2.40. The van der Waals surface area contributed by atoms with Gasteiger partial charge in [0.05, 0.1) is 15.1 Å². The first-order chi connectivity index (χ1) is 8.08. The summed E-state index contributed by atoms with van der Waals surface area (Å²) in [4.78, 5) is 1.67. The molecule has 0 fully saturated rings. The Bertz CT molecular complexity index is 534. The van der Waals surface area contributed by atoms with Crippen LogP contribution in [0, 0.1) is 0 Å². The number of benzene rings is 2. The van der Waals surface area contributed by atoms with Crippen LogP contribution in [0.1, 0.15) is 0 Å². The number of hydrogen-bond acceptors (Lipinski definition) is 2. The summed E-state index contributed by atoms with van der Waals surface area (Å²) in [7, 11) is 0. The van der Waals surface area contributed by atoms with Crippen LogP contribution < -0.4 is 5.73 Å². The molecule has 0 saturated carbocycles. The van der Waals surface area contributed by atoms with E-state index in [-0.39, 0.29) is 0 Å². The maximum atomic E-state index is 6.11. The highest BCUT2D eigenvalue weighted by Gasteiger charge is 2.10. The maximum Gasteiger partial charge on any atom is 0.0581 e. The molecule has 0 aliphatic rings. The third kappa shape index (κ3) is 3.02. The van der Waals surface area contributed by atoms with Gasteiger partial charge in [0, 0.05) is 15.5 Å². The lowest BCUT2D eigenvalue weighted by Gasteiger charge is -2.08. The van der Waals surface area contributed by atoms with Crippen molar-refractivity contribution < 1.29 is 0 Å². The zero-order valence-electron chi connectivity index (χ0n) is 8.58. The third-order valence-electron chi connectivity index (χ3n) is 2.07. The second-order valence-corrected chi connectivity index (χ2v) is 5.62. The number of halogens is 3. The van der Waals surface area contributed by atoms with E-state index in [9.17, 15) is 0 Å². The molecule has 0 aliphatic heterocycles. The molecule has 0 atom stereocenters. The molecule has 1 nitrogen and oxygen atoms in total. The van der Waals surface area contributed by atoms with Crippen LogP contribution >= 0.6 is 46.6 Å². The second kappa shape index (κ2) is 5.40. The highest BCUT2D eigenvalue weighted by molar-refractivity contribution is 7.99. The minimum Gasteiger partial charge on any atom is -0.399 e. The molecule has 2 aromatic carbocycles. The Morgan fingerprint density at radius 3 is 2.06 bits per heavy atom. The third-order valence-corrected chi connectivity index (χ3v) is 4.55. The predicted molar refractivity (Wildman–Crippen MR) is 76.4 cm³/mol. The molecule has 88 valence electrons. The first kappa shape index (κ1) is 12.9. The van der Waals surface area contributed by atoms with E-state index in [0.717, 1.165) is 9.79 Å². The van der Waals surface area contributed by atoms with E-state index in [0.29, 0.717) is 20.8 Å². The van der Waals surface area contributed by atoms with Crippen LogP contribution in [0.4, 0.5) is 5.69 Å². The molecule has 0 heterocycles. The van der Waals surface area contributed by atoms with Gasteiger partial charge in [-0.05, 0) is 24.3 Å². The largest absolute Gasteiger partial charge is 0.399 e. The van der Waals surface area contributed by atoms with Gasteiger partial charge < -0.3 is 5.73 Å². The number of hydrogen-bond donors (Lipinski definition) is 1. The fourth-order valence-electron chi connectivity index (χ4n) is 1.31. The van der Waals surface area contributed by atoms with Gasteiger partial charge in [0.25, 0.3) is 0 Å². The topological polar surface area (TPSA) is 26.0 Å². The molecule has 0 unspecified atom stereocenters. The van der Waals surface area contributed by atoms with Crippen LogP contribution in [0.5, 0.6) is 0 Å². The average Bonchev–Trinajstić information content (AvgIpc) is 2.25. The molecule has 0 spiro atoms. The van der Waals surface area contributed by atoms with Crippen LogP contribution in [0.3, 0.4) is 0 Å². The lowest BCUT2D eigenvalue weighted by atomic mass is 10.3. The molecule has 2 N–H and O–H groups in total. The Kier molecular flexibility index (Phi) is 4.10. The zero-order valence-corrected chi connectivity index (χ0v) is 11.7. The molecule has 0 radical (unpaired) electrons. The van der Waals surface area contributed by atoms with Gasteiger partial charge in [-0.25, -0.2) is 0 Å². The smallest absolute Gasteiger partial charge is 0.0581 e. The average molecular weight is 305 g/mol. The maximum absolute atomic E-state index is 6.11. The predicted octanol–water partition coefficient (Wildman–Crippen LogP) is 5.38. The molecule has 2 aromatic rings. The first-order valence-corrected chi connectivity index (χ1v) is 6.70. The van der Waals surface area contributed by atoms with E-state index in [1.807, 2.05) is 24.3 Å². The van der Waals surface area contributed by atoms with Gasteiger partial charge in [-0.1, -0.05) is 58.7 Å². The van der Waals surface area contributed by atoms with Crippen LogP contribution in [-0.2, 0) is 0 Å². The Morgan fingerprint density at radius 1 is 0.882 bits per heavy atom. The SMILES string of the molecule is Nc1cc(Cl)c(Sc2ccccc2Cl)c(Cl)c1. The van der Waals surface area contributed by atoms with E-state index in [1.54, 1.807) is 12.1 Å². The Morgan fingerprint density at radius 2 is 1.47 bits per heavy atom. The van der Waals surface area contributed by atoms with Crippen LogP contribution in [0.2, 0.25) is 15.1 Å². The molecule has 5 heteroatoms. The summed E-state index contributed by atoms with van der Waals surface area (Å²) in [6.45, 7) is 0. The lowest BCUT2D eigenvalue weighted by Crippen LogP contribution is -1.86. The Labute approximate surface area is 119 Å². The molecule has 0 bridgehead atoms. The molecule has 0 saturated heterocycles. The van der Waals surface area contributed by atoms with Gasteiger partial charge in [0.1, 0.15) is 0 Å². The number of anilines is 1.